The Hall–Kier alpha value is -5.69. The van der Waals surface area contributed by atoms with Crippen molar-refractivity contribution in [3.8, 4) is 11.5 Å². The lowest BCUT2D eigenvalue weighted by Gasteiger charge is -2.57. The van der Waals surface area contributed by atoms with Gasteiger partial charge in [-0.3, -0.25) is 19.8 Å². The van der Waals surface area contributed by atoms with Crippen molar-refractivity contribution in [3.05, 3.63) is 106 Å². The SMILES string of the molecule is CC(C)c1ccccc1[C@H]1COCCN1C1CC2(CCN(c3ccc(C(=O)NS(=O)(=O)c4cnc(NC[C@H]5CC[C@](C)(O)CC5)c([N+](=O)[O-])c4)c(Oc4cnc5[nH]cc(F)c5c4)c3)CC2)C1. The fraction of sp³-hybridized carbons (Fsp3) is 0.479. The van der Waals surface area contributed by atoms with Crippen LogP contribution in [0.15, 0.2) is 78.1 Å². The van der Waals surface area contributed by atoms with E-state index in [0.717, 1.165) is 82.7 Å². The van der Waals surface area contributed by atoms with Crippen LogP contribution >= 0.6 is 0 Å². The summed E-state index contributed by atoms with van der Waals surface area (Å²) in [6.45, 7) is 10.5. The molecular weight excluding hydrogens is 868 g/mol. The summed E-state index contributed by atoms with van der Waals surface area (Å²) in [6, 6.07) is 16.6. The van der Waals surface area contributed by atoms with Crippen molar-refractivity contribution >= 4 is 44.2 Å². The van der Waals surface area contributed by atoms with Crippen molar-refractivity contribution in [1.29, 1.82) is 0 Å². The van der Waals surface area contributed by atoms with Gasteiger partial charge >= 0.3 is 5.69 Å². The molecule has 2 aromatic carbocycles. The zero-order valence-corrected chi connectivity index (χ0v) is 38.3. The van der Waals surface area contributed by atoms with Crippen molar-refractivity contribution in [2.45, 2.75) is 101 Å². The Kier molecular flexibility index (Phi) is 12.5. The summed E-state index contributed by atoms with van der Waals surface area (Å²) in [5.74, 6) is -1.01. The molecule has 66 heavy (non-hydrogen) atoms. The van der Waals surface area contributed by atoms with Gasteiger partial charge in [0, 0.05) is 56.2 Å². The standard InChI is InChI=1S/C48H57FN8O8S/c1-30(2)36-6-4-5-7-37(36)42-29-64-19-18-56(42)33-23-48(24-33)14-16-55(17-15-48)32-8-9-38(43(20-32)65-34-21-39-40(49)28-53-44(39)51-26-34)46(58)54-66(62,63)35-22-41(57(60)61)45(52-27-35)50-25-31-10-12-47(3,59)13-11-31/h4-9,20-22,26-28,30-31,33,42,59H,10-19,23-25,29H2,1-3H3,(H,50,52)(H,51,53)(H,54,58)/t31-,42-,47-/m1/s1. The van der Waals surface area contributed by atoms with E-state index in [0.29, 0.717) is 43.6 Å². The summed E-state index contributed by atoms with van der Waals surface area (Å²) < 4.78 is 56.3. The number of nitrogens with one attached hydrogen (secondary N) is 3. The van der Waals surface area contributed by atoms with Gasteiger partial charge in [0.25, 0.3) is 15.9 Å². The number of rotatable bonds is 13. The number of anilines is 2. The molecule has 2 saturated heterocycles. The van der Waals surface area contributed by atoms with E-state index in [-0.39, 0.29) is 45.6 Å². The maximum Gasteiger partial charge on any atom is 0.312 e. The lowest BCUT2D eigenvalue weighted by atomic mass is 9.59. The molecule has 3 aromatic heterocycles. The number of sulfonamides is 1. The fourth-order valence-corrected chi connectivity index (χ4v) is 11.4. The topological polar surface area (TPSA) is 205 Å². The van der Waals surface area contributed by atoms with E-state index in [1.54, 1.807) is 19.1 Å². The monoisotopic (exact) mass is 924 g/mol. The van der Waals surface area contributed by atoms with E-state index >= 15 is 0 Å². The third-order valence-electron chi connectivity index (χ3n) is 14.4. The van der Waals surface area contributed by atoms with Crippen LogP contribution in [-0.4, -0.2) is 95.2 Å². The number of pyridine rings is 2. The Morgan fingerprint density at radius 3 is 2.56 bits per heavy atom. The van der Waals surface area contributed by atoms with Gasteiger partial charge in [-0.2, -0.15) is 0 Å². The number of carbonyl (C=O) groups excluding carboxylic acids is 1. The molecule has 4 aliphatic rings. The number of aromatic amines is 1. The van der Waals surface area contributed by atoms with Crippen LogP contribution in [0, 0.1) is 27.3 Å². The van der Waals surface area contributed by atoms with Gasteiger partial charge in [-0.15, -0.1) is 0 Å². The number of nitro groups is 1. The van der Waals surface area contributed by atoms with Gasteiger partial charge < -0.3 is 29.8 Å². The van der Waals surface area contributed by atoms with Crippen LogP contribution in [0.2, 0.25) is 0 Å². The van der Waals surface area contributed by atoms with Crippen LogP contribution in [-0.2, 0) is 14.8 Å². The zero-order chi connectivity index (χ0) is 46.4. The Morgan fingerprint density at radius 2 is 1.82 bits per heavy atom. The van der Waals surface area contributed by atoms with E-state index in [1.165, 1.54) is 35.7 Å². The summed E-state index contributed by atoms with van der Waals surface area (Å²) in [4.78, 5) is 40.8. The van der Waals surface area contributed by atoms with Crippen molar-refractivity contribution < 1.29 is 37.1 Å². The third-order valence-corrected chi connectivity index (χ3v) is 15.7. The molecule has 2 saturated carbocycles. The summed E-state index contributed by atoms with van der Waals surface area (Å²) in [6.07, 6.45) is 10.3. The Balaban J connectivity index is 0.907. The number of benzene rings is 2. The average molecular weight is 925 g/mol. The highest BCUT2D eigenvalue weighted by Crippen LogP contribution is 2.53. The number of nitrogens with zero attached hydrogens (tertiary/aromatic N) is 5. The molecule has 0 bridgehead atoms. The number of H-pyrrole nitrogens is 1. The van der Waals surface area contributed by atoms with Crippen LogP contribution in [0.4, 0.5) is 21.6 Å². The predicted octanol–water partition coefficient (Wildman–Crippen LogP) is 8.22. The number of amides is 1. The van der Waals surface area contributed by atoms with Crippen LogP contribution in [0.5, 0.6) is 11.5 Å². The molecule has 0 radical (unpaired) electrons. The maximum absolute atomic E-state index is 14.6. The molecule has 16 nitrogen and oxygen atoms in total. The fourth-order valence-electron chi connectivity index (χ4n) is 10.4. The first-order valence-electron chi connectivity index (χ1n) is 22.9. The van der Waals surface area contributed by atoms with Crippen molar-refractivity contribution in [3.63, 3.8) is 0 Å². The van der Waals surface area contributed by atoms with E-state index < -0.39 is 42.9 Å². The Morgan fingerprint density at radius 1 is 1.06 bits per heavy atom. The van der Waals surface area contributed by atoms with Crippen LogP contribution in [0.1, 0.15) is 106 Å². The summed E-state index contributed by atoms with van der Waals surface area (Å²) >= 11 is 0. The van der Waals surface area contributed by atoms with E-state index in [9.17, 15) is 32.8 Å². The van der Waals surface area contributed by atoms with Crippen LogP contribution in [0.25, 0.3) is 11.0 Å². The number of aromatic nitrogens is 3. The first kappa shape index (κ1) is 45.5. The average Bonchev–Trinajstić information content (AvgIpc) is 3.66. The number of fused-ring (bicyclic) bond motifs is 1. The van der Waals surface area contributed by atoms with E-state index in [1.807, 2.05) is 4.72 Å². The lowest BCUT2D eigenvalue weighted by molar-refractivity contribution is -0.384. The summed E-state index contributed by atoms with van der Waals surface area (Å²) in [5.41, 5.74) is 2.55. The highest BCUT2D eigenvalue weighted by atomic mass is 32.2. The van der Waals surface area contributed by atoms with Gasteiger partial charge in [0.2, 0.25) is 5.82 Å². The zero-order valence-electron chi connectivity index (χ0n) is 37.5. The molecule has 2 aliphatic carbocycles. The number of halogens is 1. The number of hydrogen-bond donors (Lipinski definition) is 4. The Labute approximate surface area is 383 Å². The van der Waals surface area contributed by atoms with Crippen molar-refractivity contribution in [1.82, 2.24) is 24.6 Å². The molecule has 1 amide bonds. The number of carbonyl (C=O) groups is 1. The Bertz CT molecular complexity index is 2720. The van der Waals surface area contributed by atoms with Gasteiger partial charge in [-0.1, -0.05) is 38.1 Å². The molecular formula is C48H57FN8O8S. The molecule has 9 rings (SSSR count). The second kappa shape index (κ2) is 18.2. The van der Waals surface area contributed by atoms with Gasteiger partial charge in [0.15, 0.2) is 0 Å². The van der Waals surface area contributed by atoms with E-state index in [4.69, 9.17) is 9.47 Å². The number of piperidine rings is 1. The minimum atomic E-state index is -4.69. The van der Waals surface area contributed by atoms with Gasteiger partial charge in [0.05, 0.1) is 53.1 Å². The van der Waals surface area contributed by atoms with Crippen LogP contribution < -0.4 is 19.7 Å². The molecule has 0 unspecified atom stereocenters. The smallest absolute Gasteiger partial charge is 0.312 e. The van der Waals surface area contributed by atoms with Gasteiger partial charge in [-0.25, -0.2) is 27.5 Å². The number of hydrogen-bond acceptors (Lipinski definition) is 13. The minimum Gasteiger partial charge on any atom is -0.455 e. The quantitative estimate of drug-likeness (QED) is 0.0650. The molecule has 5 heterocycles. The van der Waals surface area contributed by atoms with Crippen molar-refractivity contribution in [2.24, 2.45) is 11.3 Å². The second-order valence-corrected chi connectivity index (χ2v) is 20.9. The summed E-state index contributed by atoms with van der Waals surface area (Å²) in [5, 5.41) is 25.6. The highest BCUT2D eigenvalue weighted by molar-refractivity contribution is 7.90. The summed E-state index contributed by atoms with van der Waals surface area (Å²) in [7, 11) is -4.69. The molecule has 4 N–H and O–H groups in total. The van der Waals surface area contributed by atoms with Crippen molar-refractivity contribution in [2.75, 3.05) is 49.6 Å². The predicted molar refractivity (Wildman–Crippen MR) is 247 cm³/mol. The maximum atomic E-state index is 14.6. The molecule has 4 fully saturated rings. The first-order chi connectivity index (χ1) is 31.6. The molecule has 1 spiro atoms. The van der Waals surface area contributed by atoms with E-state index in [2.05, 4.69) is 68.2 Å². The normalized spacial score (nSPS) is 22.6. The minimum absolute atomic E-state index is 0.00852. The number of morpholine rings is 1. The molecule has 1 atom stereocenters. The number of aliphatic hydroxyl groups is 1. The molecule has 2 aliphatic heterocycles. The van der Waals surface area contributed by atoms with Crippen LogP contribution in [0.3, 0.4) is 0 Å². The molecule has 350 valence electrons. The van der Waals surface area contributed by atoms with Gasteiger partial charge in [-0.05, 0) is 105 Å². The first-order valence-corrected chi connectivity index (χ1v) is 24.3. The lowest BCUT2D eigenvalue weighted by Crippen LogP contribution is -2.58. The molecule has 5 aromatic rings. The second-order valence-electron chi connectivity index (χ2n) is 19.2. The molecule has 18 heteroatoms. The highest BCUT2D eigenvalue weighted by Gasteiger charge is 2.50. The number of ether oxygens (including phenoxy) is 2. The third kappa shape index (κ3) is 9.46. The largest absolute Gasteiger partial charge is 0.455 e. The van der Waals surface area contributed by atoms with Gasteiger partial charge in [0.1, 0.15) is 27.9 Å².